The van der Waals surface area contributed by atoms with Crippen LogP contribution in [-0.2, 0) is 4.79 Å². The Labute approximate surface area is 118 Å². The predicted octanol–water partition coefficient (Wildman–Crippen LogP) is 4.82. The van der Waals surface area contributed by atoms with Crippen molar-refractivity contribution in [3.63, 3.8) is 0 Å². The molecule has 0 spiro atoms. The van der Waals surface area contributed by atoms with Crippen molar-refractivity contribution in [2.24, 2.45) is 0 Å². The van der Waals surface area contributed by atoms with Crippen molar-refractivity contribution in [2.75, 3.05) is 0 Å². The first-order chi connectivity index (χ1) is 7.99. The van der Waals surface area contributed by atoms with Crippen molar-refractivity contribution < 1.29 is 9.53 Å². The van der Waals surface area contributed by atoms with Crippen molar-refractivity contribution in [3.8, 4) is 5.75 Å². The molecule has 0 radical (unpaired) electrons. The maximum absolute atomic E-state index is 11.2. The summed E-state index contributed by atoms with van der Waals surface area (Å²) in [7, 11) is 0. The van der Waals surface area contributed by atoms with E-state index < -0.39 is 5.97 Å². The molecule has 0 amide bonds. The van der Waals surface area contributed by atoms with E-state index in [0.717, 1.165) is 21.4 Å². The number of esters is 1. The largest absolute Gasteiger partial charge is 0.421 e. The summed E-state index contributed by atoms with van der Waals surface area (Å²) >= 11 is 6.82. The van der Waals surface area contributed by atoms with Crippen LogP contribution in [0.1, 0.15) is 31.7 Å². The molecule has 1 aromatic carbocycles. The van der Waals surface area contributed by atoms with E-state index in [1.54, 1.807) is 0 Å². The Morgan fingerprint density at radius 1 is 1.47 bits per heavy atom. The van der Waals surface area contributed by atoms with Gasteiger partial charge in [-0.2, -0.15) is 0 Å². The highest BCUT2D eigenvalue weighted by atomic mass is 79.9. The zero-order valence-electron chi connectivity index (χ0n) is 9.80. The van der Waals surface area contributed by atoms with Crippen LogP contribution in [0.2, 0.25) is 0 Å². The van der Waals surface area contributed by atoms with Crippen LogP contribution in [0.15, 0.2) is 33.7 Å². The average Bonchev–Trinajstić information content (AvgIpc) is 2.32. The highest BCUT2D eigenvalue weighted by Crippen LogP contribution is 2.37. The lowest BCUT2D eigenvalue weighted by Gasteiger charge is -2.13. The average molecular weight is 362 g/mol. The zero-order chi connectivity index (χ0) is 13.0. The van der Waals surface area contributed by atoms with Crippen LogP contribution in [0, 0.1) is 0 Å². The second-order valence-corrected chi connectivity index (χ2v) is 5.46. The fourth-order valence-electron chi connectivity index (χ4n) is 1.34. The molecule has 92 valence electrons. The van der Waals surface area contributed by atoms with Crippen molar-refractivity contribution in [1.82, 2.24) is 0 Å². The van der Waals surface area contributed by atoms with E-state index in [0.29, 0.717) is 11.7 Å². The summed E-state index contributed by atoms with van der Waals surface area (Å²) in [5.41, 5.74) is 1.20. The number of carbonyl (C=O) groups is 1. The predicted molar refractivity (Wildman–Crippen MR) is 76.4 cm³/mol. The Morgan fingerprint density at radius 3 is 2.41 bits per heavy atom. The molecule has 2 nitrogen and oxygen atoms in total. The van der Waals surface area contributed by atoms with Crippen LogP contribution in [0.4, 0.5) is 0 Å². The Kier molecular flexibility index (Phi) is 5.40. The third-order valence-corrected chi connectivity index (χ3v) is 3.75. The van der Waals surface area contributed by atoms with Gasteiger partial charge in [-0.15, -0.1) is 0 Å². The number of hydrogen-bond acceptors (Lipinski definition) is 2. The molecule has 1 rings (SSSR count). The minimum atomic E-state index is -0.470. The minimum absolute atomic E-state index is 0.465. The fraction of sp³-hybridized carbons (Fsp3) is 0.308. The van der Waals surface area contributed by atoms with Crippen molar-refractivity contribution in [2.45, 2.75) is 26.2 Å². The highest BCUT2D eigenvalue weighted by molar-refractivity contribution is 9.11. The molecule has 0 heterocycles. The number of ether oxygens (including phenoxy) is 1. The summed E-state index contributed by atoms with van der Waals surface area (Å²) in [4.78, 5) is 11.2. The summed E-state index contributed by atoms with van der Waals surface area (Å²) in [6.45, 7) is 7.66. The van der Waals surface area contributed by atoms with E-state index in [4.69, 9.17) is 4.74 Å². The van der Waals surface area contributed by atoms with E-state index in [1.807, 2.05) is 12.1 Å². The molecule has 0 bridgehead atoms. The monoisotopic (exact) mass is 360 g/mol. The molecular formula is C13H14Br2O2. The maximum Gasteiger partial charge on any atom is 0.335 e. The molecule has 1 unspecified atom stereocenters. The molecule has 4 heteroatoms. The van der Waals surface area contributed by atoms with Crippen LogP contribution in [0.25, 0.3) is 0 Å². The van der Waals surface area contributed by atoms with Gasteiger partial charge < -0.3 is 4.74 Å². The van der Waals surface area contributed by atoms with E-state index in [1.165, 1.54) is 5.56 Å². The molecule has 0 saturated carbocycles. The normalized spacial score (nSPS) is 12.0. The number of carbonyl (C=O) groups excluding carboxylic acids is 1. The molecule has 0 aromatic heterocycles. The Morgan fingerprint density at radius 2 is 2.00 bits per heavy atom. The number of halogens is 2. The molecular weight excluding hydrogens is 348 g/mol. The van der Waals surface area contributed by atoms with Gasteiger partial charge in [-0.25, -0.2) is 4.79 Å². The van der Waals surface area contributed by atoms with Crippen LogP contribution in [0.5, 0.6) is 5.75 Å². The SMILES string of the molecule is C=CC(=O)Oc1c(Br)cc(C(C)CC)cc1Br. The first-order valence-corrected chi connectivity index (χ1v) is 6.91. The standard InChI is InChI=1S/C13H14Br2O2/c1-4-8(3)9-6-10(14)13(11(15)7-9)17-12(16)5-2/h5-8H,2,4H2,1,3H3. The van der Waals surface area contributed by atoms with E-state index >= 15 is 0 Å². The summed E-state index contributed by atoms with van der Waals surface area (Å²) in [6, 6.07) is 3.95. The smallest absolute Gasteiger partial charge is 0.335 e. The number of rotatable bonds is 4. The van der Waals surface area contributed by atoms with Gasteiger partial charge in [0, 0.05) is 6.08 Å². The van der Waals surface area contributed by atoms with Gasteiger partial charge in [0.05, 0.1) is 8.95 Å². The molecule has 17 heavy (non-hydrogen) atoms. The van der Waals surface area contributed by atoms with Gasteiger partial charge in [0.25, 0.3) is 0 Å². The molecule has 0 aliphatic carbocycles. The first-order valence-electron chi connectivity index (χ1n) is 5.32. The van der Waals surface area contributed by atoms with Crippen LogP contribution < -0.4 is 4.74 Å². The lowest BCUT2D eigenvalue weighted by molar-refractivity contribution is -0.129. The Hall–Kier alpha value is -0.610. The summed E-state index contributed by atoms with van der Waals surface area (Å²) in [5, 5.41) is 0. The van der Waals surface area contributed by atoms with Gasteiger partial charge in [-0.1, -0.05) is 20.4 Å². The van der Waals surface area contributed by atoms with E-state index in [-0.39, 0.29) is 0 Å². The van der Waals surface area contributed by atoms with Crippen molar-refractivity contribution in [1.29, 1.82) is 0 Å². The second kappa shape index (κ2) is 6.36. The van der Waals surface area contributed by atoms with Crippen LogP contribution in [-0.4, -0.2) is 5.97 Å². The van der Waals surface area contributed by atoms with Crippen LogP contribution >= 0.6 is 31.9 Å². The maximum atomic E-state index is 11.2. The van der Waals surface area contributed by atoms with Crippen molar-refractivity contribution in [3.05, 3.63) is 39.3 Å². The topological polar surface area (TPSA) is 26.3 Å². The van der Waals surface area contributed by atoms with Gasteiger partial charge in [0.1, 0.15) is 0 Å². The van der Waals surface area contributed by atoms with Gasteiger partial charge in [-0.3, -0.25) is 0 Å². The molecule has 0 fully saturated rings. The number of hydrogen-bond donors (Lipinski definition) is 0. The van der Waals surface area contributed by atoms with Gasteiger partial charge >= 0.3 is 5.97 Å². The highest BCUT2D eigenvalue weighted by Gasteiger charge is 2.13. The van der Waals surface area contributed by atoms with Gasteiger partial charge in [0.2, 0.25) is 0 Å². The third kappa shape index (κ3) is 3.68. The summed E-state index contributed by atoms with van der Waals surface area (Å²) < 4.78 is 6.67. The quantitative estimate of drug-likeness (QED) is 0.436. The zero-order valence-corrected chi connectivity index (χ0v) is 13.0. The van der Waals surface area contributed by atoms with Gasteiger partial charge in [0.15, 0.2) is 5.75 Å². The molecule has 0 aliphatic rings. The van der Waals surface area contributed by atoms with Gasteiger partial charge in [-0.05, 0) is 61.9 Å². The second-order valence-electron chi connectivity index (χ2n) is 3.75. The minimum Gasteiger partial charge on any atom is -0.421 e. The fourth-order valence-corrected chi connectivity index (χ4v) is 2.72. The van der Waals surface area contributed by atoms with Crippen molar-refractivity contribution >= 4 is 37.8 Å². The van der Waals surface area contributed by atoms with Crippen LogP contribution in [0.3, 0.4) is 0 Å². The lowest BCUT2D eigenvalue weighted by atomic mass is 9.99. The Balaban J connectivity index is 3.10. The molecule has 0 aliphatic heterocycles. The molecule has 0 N–H and O–H groups in total. The van der Waals surface area contributed by atoms with E-state index in [9.17, 15) is 4.79 Å². The number of benzene rings is 1. The molecule has 1 atom stereocenters. The molecule has 1 aromatic rings. The summed E-state index contributed by atoms with van der Waals surface area (Å²) in [6.07, 6.45) is 2.20. The first kappa shape index (κ1) is 14.5. The third-order valence-electron chi connectivity index (χ3n) is 2.57. The lowest BCUT2D eigenvalue weighted by Crippen LogP contribution is -2.05. The Bertz CT molecular complexity index is 418. The summed E-state index contributed by atoms with van der Waals surface area (Å²) in [5.74, 6) is 0.483. The van der Waals surface area contributed by atoms with E-state index in [2.05, 4.69) is 52.3 Å². The molecule has 0 saturated heterocycles.